The van der Waals surface area contributed by atoms with Crippen LogP contribution in [0.5, 0.6) is 0 Å². The molecule has 0 heterocycles. The number of anilines is 1. The molecule has 1 aromatic rings. The van der Waals surface area contributed by atoms with Gasteiger partial charge >= 0.3 is 11.9 Å². The molecule has 1 aromatic carbocycles. The normalized spacial score (nSPS) is 9.94. The summed E-state index contributed by atoms with van der Waals surface area (Å²) in [5.74, 6) is -0.746. The zero-order valence-corrected chi connectivity index (χ0v) is 10.1. The Morgan fingerprint density at radius 1 is 1.47 bits per heavy atom. The summed E-state index contributed by atoms with van der Waals surface area (Å²) in [5, 5.41) is 8.76. The van der Waals surface area contributed by atoms with Crippen molar-refractivity contribution in [1.82, 2.24) is 0 Å². The van der Waals surface area contributed by atoms with E-state index in [4.69, 9.17) is 10.8 Å². The van der Waals surface area contributed by atoms with Gasteiger partial charge in [-0.05, 0) is 18.2 Å². The predicted molar refractivity (Wildman–Crippen MR) is 65.2 cm³/mol. The number of carboxylic acids is 1. The van der Waals surface area contributed by atoms with E-state index in [-0.39, 0.29) is 11.5 Å². The molecule has 0 fully saturated rings. The molecule has 0 unspecified atom stereocenters. The van der Waals surface area contributed by atoms with E-state index in [1.807, 2.05) is 0 Å². The molecule has 6 heteroatoms. The fraction of sp³-hybridized carbons (Fsp3) is 0.273. The second-order valence-corrected chi connectivity index (χ2v) is 4.37. The summed E-state index contributed by atoms with van der Waals surface area (Å²) >= 11 is 1.39. The van der Waals surface area contributed by atoms with Crippen molar-refractivity contribution in [2.45, 2.75) is 11.3 Å². The molecule has 1 rings (SSSR count). The number of nitrogen functional groups attached to an aromatic ring is 1. The molecule has 0 bridgehead atoms. The zero-order valence-electron chi connectivity index (χ0n) is 9.30. The van der Waals surface area contributed by atoms with Gasteiger partial charge in [0.1, 0.15) is 0 Å². The van der Waals surface area contributed by atoms with E-state index < -0.39 is 5.97 Å². The molecule has 0 aliphatic heterocycles. The average molecular weight is 255 g/mol. The van der Waals surface area contributed by atoms with E-state index >= 15 is 0 Å². The molecule has 17 heavy (non-hydrogen) atoms. The first-order chi connectivity index (χ1) is 8.04. The summed E-state index contributed by atoms with van der Waals surface area (Å²) in [6, 6.07) is 4.53. The first-order valence-corrected chi connectivity index (χ1v) is 5.85. The van der Waals surface area contributed by atoms with Gasteiger partial charge in [-0.15, -0.1) is 11.8 Å². The Morgan fingerprint density at radius 3 is 2.71 bits per heavy atom. The van der Waals surface area contributed by atoms with Gasteiger partial charge in [0.2, 0.25) is 0 Å². The monoisotopic (exact) mass is 255 g/mol. The predicted octanol–water partition coefficient (Wildman–Crippen LogP) is 1.62. The number of methoxy groups -OCH3 is 1. The van der Waals surface area contributed by atoms with Gasteiger partial charge in [-0.2, -0.15) is 0 Å². The first kappa shape index (κ1) is 13.4. The Morgan fingerprint density at radius 2 is 2.18 bits per heavy atom. The second-order valence-electron chi connectivity index (χ2n) is 3.23. The zero-order chi connectivity index (χ0) is 12.8. The van der Waals surface area contributed by atoms with E-state index in [1.54, 1.807) is 6.07 Å². The Labute approximate surface area is 103 Å². The van der Waals surface area contributed by atoms with Crippen LogP contribution in [0.2, 0.25) is 0 Å². The third-order valence-electron chi connectivity index (χ3n) is 2.05. The number of carbonyl (C=O) groups excluding carboxylic acids is 1. The number of thioether (sulfide) groups is 1. The highest BCUT2D eigenvalue weighted by Gasteiger charge is 2.07. The lowest BCUT2D eigenvalue weighted by Gasteiger charge is -2.05. The van der Waals surface area contributed by atoms with Crippen LogP contribution in [-0.4, -0.2) is 29.9 Å². The number of esters is 1. The number of benzene rings is 1. The molecule has 0 saturated carbocycles. The van der Waals surface area contributed by atoms with Crippen molar-refractivity contribution in [2.75, 3.05) is 18.6 Å². The minimum absolute atomic E-state index is 0.153. The van der Waals surface area contributed by atoms with Crippen molar-refractivity contribution < 1.29 is 19.4 Å². The van der Waals surface area contributed by atoms with Gasteiger partial charge in [-0.3, -0.25) is 4.79 Å². The number of carboxylic acid groups (broad SMARTS) is 1. The number of nitrogens with two attached hydrogens (primary N) is 1. The van der Waals surface area contributed by atoms with Gasteiger partial charge in [0.15, 0.2) is 0 Å². The Bertz CT molecular complexity index is 433. The van der Waals surface area contributed by atoms with Crippen LogP contribution < -0.4 is 5.73 Å². The number of aromatic carboxylic acids is 1. The van der Waals surface area contributed by atoms with Gasteiger partial charge in [0.05, 0.1) is 19.1 Å². The number of hydrogen-bond acceptors (Lipinski definition) is 5. The molecule has 0 radical (unpaired) electrons. The third kappa shape index (κ3) is 3.99. The van der Waals surface area contributed by atoms with Crippen LogP contribution in [0.3, 0.4) is 0 Å². The fourth-order valence-electron chi connectivity index (χ4n) is 1.16. The maximum Gasteiger partial charge on any atom is 0.335 e. The van der Waals surface area contributed by atoms with Crippen molar-refractivity contribution in [2.24, 2.45) is 0 Å². The molecular weight excluding hydrogens is 242 g/mol. The SMILES string of the molecule is COC(=O)CCSc1ccc(C(=O)O)cc1N. The lowest BCUT2D eigenvalue weighted by molar-refractivity contribution is -0.140. The Kier molecular flexibility index (Phi) is 4.84. The van der Waals surface area contributed by atoms with E-state index in [9.17, 15) is 9.59 Å². The van der Waals surface area contributed by atoms with Crippen molar-refractivity contribution in [3.63, 3.8) is 0 Å². The van der Waals surface area contributed by atoms with Crippen LogP contribution in [0, 0.1) is 0 Å². The van der Waals surface area contributed by atoms with Gasteiger partial charge in [0, 0.05) is 16.3 Å². The molecule has 0 amide bonds. The Balaban J connectivity index is 2.60. The average Bonchev–Trinajstić information content (AvgIpc) is 2.30. The molecule has 0 aliphatic rings. The molecule has 5 nitrogen and oxygen atoms in total. The summed E-state index contributed by atoms with van der Waals surface area (Å²) in [6.45, 7) is 0. The summed E-state index contributed by atoms with van der Waals surface area (Å²) in [6.07, 6.45) is 0.293. The molecule has 3 N–H and O–H groups in total. The lowest BCUT2D eigenvalue weighted by atomic mass is 10.2. The minimum atomic E-state index is -1.01. The molecular formula is C11H13NO4S. The lowest BCUT2D eigenvalue weighted by Crippen LogP contribution is -2.02. The van der Waals surface area contributed by atoms with Gasteiger partial charge in [-0.25, -0.2) is 4.79 Å². The van der Waals surface area contributed by atoms with Gasteiger partial charge in [0.25, 0.3) is 0 Å². The highest BCUT2D eigenvalue weighted by Crippen LogP contribution is 2.26. The number of ether oxygens (including phenoxy) is 1. The van der Waals surface area contributed by atoms with E-state index in [1.165, 1.54) is 31.0 Å². The summed E-state index contributed by atoms with van der Waals surface area (Å²) in [5.41, 5.74) is 6.26. The van der Waals surface area contributed by atoms with E-state index in [0.717, 1.165) is 4.90 Å². The van der Waals surface area contributed by atoms with Crippen molar-refractivity contribution in [3.8, 4) is 0 Å². The molecule has 0 spiro atoms. The van der Waals surface area contributed by atoms with E-state index in [2.05, 4.69) is 4.74 Å². The van der Waals surface area contributed by atoms with Crippen LogP contribution in [0.4, 0.5) is 5.69 Å². The highest BCUT2D eigenvalue weighted by atomic mass is 32.2. The summed E-state index contributed by atoms with van der Waals surface area (Å²) < 4.78 is 4.51. The van der Waals surface area contributed by atoms with Crippen LogP contribution in [0.25, 0.3) is 0 Å². The highest BCUT2D eigenvalue weighted by molar-refractivity contribution is 7.99. The standard InChI is InChI=1S/C11H13NO4S/c1-16-10(13)4-5-17-9-3-2-7(11(14)15)6-8(9)12/h2-3,6H,4-5,12H2,1H3,(H,14,15). The largest absolute Gasteiger partial charge is 0.478 e. The van der Waals surface area contributed by atoms with E-state index in [0.29, 0.717) is 17.9 Å². The van der Waals surface area contributed by atoms with Crippen LogP contribution in [-0.2, 0) is 9.53 Å². The fourth-order valence-corrected chi connectivity index (χ4v) is 2.04. The molecule has 0 atom stereocenters. The molecule has 0 aromatic heterocycles. The van der Waals surface area contributed by atoms with Crippen LogP contribution in [0.15, 0.2) is 23.1 Å². The quantitative estimate of drug-likeness (QED) is 0.472. The minimum Gasteiger partial charge on any atom is -0.478 e. The number of rotatable bonds is 5. The van der Waals surface area contributed by atoms with Gasteiger partial charge < -0.3 is 15.6 Å². The number of hydrogen-bond donors (Lipinski definition) is 2. The second kappa shape index (κ2) is 6.15. The molecule has 0 aliphatic carbocycles. The number of carbonyl (C=O) groups is 2. The Hall–Kier alpha value is -1.69. The van der Waals surface area contributed by atoms with Crippen molar-refractivity contribution >= 4 is 29.4 Å². The maximum atomic E-state index is 10.9. The first-order valence-electron chi connectivity index (χ1n) is 4.87. The van der Waals surface area contributed by atoms with Gasteiger partial charge in [-0.1, -0.05) is 0 Å². The summed E-state index contributed by atoms with van der Waals surface area (Å²) in [7, 11) is 1.34. The van der Waals surface area contributed by atoms with Crippen LogP contribution >= 0.6 is 11.8 Å². The molecule has 92 valence electrons. The van der Waals surface area contributed by atoms with Crippen molar-refractivity contribution in [3.05, 3.63) is 23.8 Å². The van der Waals surface area contributed by atoms with Crippen LogP contribution in [0.1, 0.15) is 16.8 Å². The topological polar surface area (TPSA) is 89.6 Å². The smallest absolute Gasteiger partial charge is 0.335 e. The summed E-state index contributed by atoms with van der Waals surface area (Å²) in [4.78, 5) is 22.3. The maximum absolute atomic E-state index is 10.9. The van der Waals surface area contributed by atoms with Crippen molar-refractivity contribution in [1.29, 1.82) is 0 Å². The third-order valence-corrected chi connectivity index (χ3v) is 3.14. The molecule has 0 saturated heterocycles.